The van der Waals surface area contributed by atoms with Crippen molar-refractivity contribution in [3.05, 3.63) is 31.9 Å². The number of thioether (sulfide) groups is 1. The number of aryl methyl sites for hydroxylation is 1. The average molecular weight is 415 g/mol. The molecule has 148 valence electrons. The number of aromatic nitrogens is 4. The maximum Gasteiger partial charge on any atom is 0.329 e. The Balaban J connectivity index is 2.28. The number of H-pyrrole nitrogens is 1. The number of halogens is 1. The molecule has 8 nitrogen and oxygen atoms in total. The standard InChI is InChI=1S/C17H23ClN4O4S/c1-4-5-6-9-26-12(23)10-27-17-19-14-13(22(17)8-7-11(2)18)15(24)20-16(25)21(14)3/h7H,4-6,8-10H2,1-3H3,(H,20,24,25). The molecule has 0 fully saturated rings. The van der Waals surface area contributed by atoms with Gasteiger partial charge in [0, 0.05) is 18.6 Å². The number of nitrogens with one attached hydrogen (secondary N) is 1. The molecule has 27 heavy (non-hydrogen) atoms. The number of carbonyl (C=O) groups is 1. The third-order valence-corrected chi connectivity index (χ3v) is 4.96. The normalized spacial score (nSPS) is 11.9. The van der Waals surface area contributed by atoms with Crippen LogP contribution in [0, 0.1) is 0 Å². The summed E-state index contributed by atoms with van der Waals surface area (Å²) in [4.78, 5) is 42.7. The molecule has 0 aliphatic carbocycles. The summed E-state index contributed by atoms with van der Waals surface area (Å²) in [7, 11) is 1.52. The number of nitrogens with zero attached hydrogens (tertiary/aromatic N) is 3. The van der Waals surface area contributed by atoms with E-state index in [1.807, 2.05) is 0 Å². The molecule has 2 heterocycles. The van der Waals surface area contributed by atoms with Crippen LogP contribution in [0.3, 0.4) is 0 Å². The lowest BCUT2D eigenvalue weighted by atomic mass is 10.3. The molecular formula is C17H23ClN4O4S. The van der Waals surface area contributed by atoms with Crippen molar-refractivity contribution in [1.82, 2.24) is 19.1 Å². The maximum atomic E-state index is 12.3. The molecule has 0 unspecified atom stereocenters. The summed E-state index contributed by atoms with van der Waals surface area (Å²) in [5, 5.41) is 1.00. The molecular weight excluding hydrogens is 392 g/mol. The van der Waals surface area contributed by atoms with E-state index in [1.165, 1.54) is 11.6 Å². The molecule has 2 aromatic heterocycles. The number of carbonyl (C=O) groups excluding carboxylic acids is 1. The molecule has 0 saturated heterocycles. The fourth-order valence-corrected chi connectivity index (χ4v) is 3.29. The first-order valence-corrected chi connectivity index (χ1v) is 10.0. The molecule has 1 N–H and O–H groups in total. The van der Waals surface area contributed by atoms with Gasteiger partial charge >= 0.3 is 11.7 Å². The second kappa shape index (κ2) is 9.80. The fraction of sp³-hybridized carbons (Fsp3) is 0.529. The Morgan fingerprint density at radius 2 is 2.11 bits per heavy atom. The highest BCUT2D eigenvalue weighted by atomic mass is 35.5. The molecule has 2 rings (SSSR count). The SMILES string of the molecule is CCCCCOC(=O)CSc1nc2c(c(=O)[nH]c(=O)n2C)n1CC=C(C)Cl. The number of unbranched alkanes of at least 4 members (excludes halogenated alkanes) is 2. The van der Waals surface area contributed by atoms with E-state index < -0.39 is 11.2 Å². The number of esters is 1. The Kier molecular flexibility index (Phi) is 7.73. The van der Waals surface area contributed by atoms with Gasteiger partial charge in [0.15, 0.2) is 16.3 Å². The molecule has 10 heteroatoms. The zero-order valence-electron chi connectivity index (χ0n) is 15.6. The summed E-state index contributed by atoms with van der Waals surface area (Å²) in [5.74, 6) is -0.285. The third kappa shape index (κ3) is 5.49. The van der Waals surface area contributed by atoms with Crippen LogP contribution in [-0.2, 0) is 23.1 Å². The number of aromatic amines is 1. The van der Waals surface area contributed by atoms with Gasteiger partial charge in [-0.25, -0.2) is 9.78 Å². The van der Waals surface area contributed by atoms with Crippen LogP contribution >= 0.6 is 23.4 Å². The van der Waals surface area contributed by atoms with Crippen molar-refractivity contribution in [3.8, 4) is 0 Å². The molecule has 2 aromatic rings. The molecule has 0 radical (unpaired) electrons. The summed E-state index contributed by atoms with van der Waals surface area (Å²) >= 11 is 7.07. The fourth-order valence-electron chi connectivity index (χ4n) is 2.41. The van der Waals surface area contributed by atoms with E-state index in [2.05, 4.69) is 16.9 Å². The monoisotopic (exact) mass is 414 g/mol. The quantitative estimate of drug-likeness (QED) is 0.384. The van der Waals surface area contributed by atoms with Crippen LogP contribution in [0.1, 0.15) is 33.1 Å². The smallest absolute Gasteiger partial charge is 0.329 e. The Hall–Kier alpha value is -2.00. The van der Waals surface area contributed by atoms with Gasteiger partial charge in [-0.2, -0.15) is 0 Å². The van der Waals surface area contributed by atoms with Crippen LogP contribution in [0.4, 0.5) is 0 Å². The highest BCUT2D eigenvalue weighted by molar-refractivity contribution is 7.99. The number of hydrogen-bond donors (Lipinski definition) is 1. The Labute approximate surface area is 165 Å². The Morgan fingerprint density at radius 1 is 1.37 bits per heavy atom. The van der Waals surface area contributed by atoms with Gasteiger partial charge in [0.05, 0.1) is 12.4 Å². The predicted octanol–water partition coefficient (Wildman–Crippen LogP) is 2.39. The maximum absolute atomic E-state index is 12.3. The number of imidazole rings is 1. The first kappa shape index (κ1) is 21.3. The van der Waals surface area contributed by atoms with Crippen molar-refractivity contribution >= 4 is 40.5 Å². The molecule has 0 bridgehead atoms. The molecule has 0 amide bonds. The molecule has 0 spiro atoms. The van der Waals surface area contributed by atoms with E-state index in [0.717, 1.165) is 31.0 Å². The van der Waals surface area contributed by atoms with Crippen molar-refractivity contribution in [3.63, 3.8) is 0 Å². The van der Waals surface area contributed by atoms with Crippen LogP contribution in [0.5, 0.6) is 0 Å². The summed E-state index contributed by atoms with van der Waals surface area (Å²) < 4.78 is 8.09. The predicted molar refractivity (Wildman–Crippen MR) is 106 cm³/mol. The van der Waals surface area contributed by atoms with E-state index in [-0.39, 0.29) is 22.9 Å². The Morgan fingerprint density at radius 3 is 2.78 bits per heavy atom. The zero-order valence-corrected chi connectivity index (χ0v) is 17.2. The van der Waals surface area contributed by atoms with E-state index >= 15 is 0 Å². The van der Waals surface area contributed by atoms with Crippen LogP contribution in [-0.4, -0.2) is 37.4 Å². The summed E-state index contributed by atoms with van der Waals surface area (Å²) in [6, 6.07) is 0. The van der Waals surface area contributed by atoms with Crippen LogP contribution in [0.15, 0.2) is 25.9 Å². The van der Waals surface area contributed by atoms with Gasteiger partial charge in [-0.1, -0.05) is 49.2 Å². The van der Waals surface area contributed by atoms with Crippen molar-refractivity contribution in [1.29, 1.82) is 0 Å². The van der Waals surface area contributed by atoms with Crippen LogP contribution in [0.25, 0.3) is 11.2 Å². The largest absolute Gasteiger partial charge is 0.465 e. The van der Waals surface area contributed by atoms with Gasteiger partial charge in [-0.05, 0) is 13.3 Å². The topological polar surface area (TPSA) is 99.0 Å². The first-order chi connectivity index (χ1) is 12.8. The molecule has 0 aliphatic rings. The minimum absolute atomic E-state index is 0.0604. The highest BCUT2D eigenvalue weighted by Gasteiger charge is 2.18. The van der Waals surface area contributed by atoms with Gasteiger partial charge in [-0.15, -0.1) is 0 Å². The number of ether oxygens (including phenoxy) is 1. The van der Waals surface area contributed by atoms with Crippen molar-refractivity contribution in [2.45, 2.75) is 44.8 Å². The molecule has 0 aliphatic heterocycles. The van der Waals surface area contributed by atoms with Gasteiger partial charge in [-0.3, -0.25) is 19.1 Å². The minimum Gasteiger partial charge on any atom is -0.465 e. The second-order valence-corrected chi connectivity index (χ2v) is 7.54. The number of allylic oxidation sites excluding steroid dienone is 2. The van der Waals surface area contributed by atoms with Crippen LogP contribution < -0.4 is 11.2 Å². The third-order valence-electron chi connectivity index (χ3n) is 3.86. The summed E-state index contributed by atoms with van der Waals surface area (Å²) in [6.45, 7) is 4.49. The molecule has 0 atom stereocenters. The zero-order chi connectivity index (χ0) is 20.0. The molecule has 0 saturated carbocycles. The van der Waals surface area contributed by atoms with Crippen LogP contribution in [0.2, 0.25) is 0 Å². The van der Waals surface area contributed by atoms with Crippen molar-refractivity contribution < 1.29 is 9.53 Å². The lowest BCUT2D eigenvalue weighted by Crippen LogP contribution is -2.29. The number of rotatable bonds is 9. The average Bonchev–Trinajstić information content (AvgIpc) is 2.99. The first-order valence-electron chi connectivity index (χ1n) is 8.65. The Bertz CT molecular complexity index is 956. The highest BCUT2D eigenvalue weighted by Crippen LogP contribution is 2.22. The van der Waals surface area contributed by atoms with Gasteiger partial charge < -0.3 is 9.30 Å². The number of fused-ring (bicyclic) bond motifs is 1. The van der Waals surface area contributed by atoms with E-state index in [9.17, 15) is 14.4 Å². The van der Waals surface area contributed by atoms with Crippen molar-refractivity contribution in [2.24, 2.45) is 7.05 Å². The molecule has 0 aromatic carbocycles. The van der Waals surface area contributed by atoms with Gasteiger partial charge in [0.25, 0.3) is 5.56 Å². The van der Waals surface area contributed by atoms with Crippen molar-refractivity contribution in [2.75, 3.05) is 12.4 Å². The summed E-state index contributed by atoms with van der Waals surface area (Å²) in [6.07, 6.45) is 4.62. The van der Waals surface area contributed by atoms with E-state index in [0.29, 0.717) is 23.3 Å². The minimum atomic E-state index is -0.548. The second-order valence-electron chi connectivity index (χ2n) is 6.00. The lowest BCUT2D eigenvalue weighted by molar-refractivity contribution is -0.140. The van der Waals surface area contributed by atoms with Gasteiger partial charge in [0.1, 0.15) is 0 Å². The lowest BCUT2D eigenvalue weighted by Gasteiger charge is -2.06. The number of hydrogen-bond acceptors (Lipinski definition) is 6. The van der Waals surface area contributed by atoms with E-state index in [4.69, 9.17) is 16.3 Å². The summed E-state index contributed by atoms with van der Waals surface area (Å²) in [5.41, 5.74) is -0.573. The van der Waals surface area contributed by atoms with E-state index in [1.54, 1.807) is 17.6 Å². The van der Waals surface area contributed by atoms with Gasteiger partial charge in [0.2, 0.25) is 0 Å².